The van der Waals surface area contributed by atoms with Gasteiger partial charge < -0.3 is 0 Å². The van der Waals surface area contributed by atoms with Gasteiger partial charge in [0.05, 0.1) is 0 Å². The molecule has 2 rings (SSSR count). The number of Topliss-reactive ketones (excluding diaryl/α,β-unsaturated/α-hetero) is 1. The summed E-state index contributed by atoms with van der Waals surface area (Å²) in [7, 11) is 0. The van der Waals surface area contributed by atoms with Gasteiger partial charge in [-0.05, 0) is 35.7 Å². The fourth-order valence-electron chi connectivity index (χ4n) is 1.67. The molecule has 0 N–H and O–H groups in total. The zero-order chi connectivity index (χ0) is 9.26. The van der Waals surface area contributed by atoms with Crippen LogP contribution in [0.2, 0.25) is 0 Å². The third-order valence-electron chi connectivity index (χ3n) is 2.35. The molecule has 0 amide bonds. The minimum absolute atomic E-state index is 0.131. The highest BCUT2D eigenvalue weighted by Crippen LogP contribution is 2.25. The Balaban J connectivity index is 2.53. The lowest BCUT2D eigenvalue weighted by Gasteiger charge is -2.13. The van der Waals surface area contributed by atoms with Crippen LogP contribution >= 0.6 is 0 Å². The topological polar surface area (TPSA) is 46.5 Å². The fourth-order valence-corrected chi connectivity index (χ4v) is 1.67. The van der Waals surface area contributed by atoms with Crippen molar-refractivity contribution in [3.63, 3.8) is 0 Å². The molecule has 1 aliphatic rings. The number of aryl methyl sites for hydroxylation is 1. The molecule has 13 heavy (non-hydrogen) atoms. The SMILES string of the molecule is O=Nc1ccc2c(c1)C(=O)CCC2. The first-order chi connectivity index (χ1) is 6.31. The molecule has 0 fully saturated rings. The molecular weight excluding hydrogens is 166 g/mol. The van der Waals surface area contributed by atoms with Gasteiger partial charge in [0, 0.05) is 12.0 Å². The van der Waals surface area contributed by atoms with Gasteiger partial charge in [-0.15, -0.1) is 4.91 Å². The molecule has 0 spiro atoms. The maximum absolute atomic E-state index is 11.4. The second-order valence-corrected chi connectivity index (χ2v) is 3.21. The van der Waals surface area contributed by atoms with Crippen LogP contribution in [0, 0.1) is 4.91 Å². The van der Waals surface area contributed by atoms with Crippen molar-refractivity contribution in [3.8, 4) is 0 Å². The first-order valence-electron chi connectivity index (χ1n) is 4.31. The maximum Gasteiger partial charge on any atom is 0.163 e. The lowest BCUT2D eigenvalue weighted by Crippen LogP contribution is -2.09. The number of rotatable bonds is 1. The van der Waals surface area contributed by atoms with Crippen molar-refractivity contribution in [1.29, 1.82) is 0 Å². The van der Waals surface area contributed by atoms with Crippen LogP contribution in [-0.4, -0.2) is 5.78 Å². The molecule has 0 radical (unpaired) electrons. The average molecular weight is 175 g/mol. The Kier molecular flexibility index (Phi) is 1.93. The van der Waals surface area contributed by atoms with Gasteiger partial charge in [0.2, 0.25) is 0 Å². The van der Waals surface area contributed by atoms with Gasteiger partial charge in [0.15, 0.2) is 5.78 Å². The van der Waals surface area contributed by atoms with Gasteiger partial charge >= 0.3 is 0 Å². The lowest BCUT2D eigenvalue weighted by atomic mass is 9.90. The van der Waals surface area contributed by atoms with Crippen LogP contribution in [-0.2, 0) is 6.42 Å². The second-order valence-electron chi connectivity index (χ2n) is 3.21. The molecule has 3 heteroatoms. The average Bonchev–Trinajstić information content (AvgIpc) is 2.18. The van der Waals surface area contributed by atoms with E-state index in [-0.39, 0.29) is 5.78 Å². The van der Waals surface area contributed by atoms with Crippen LogP contribution in [0.4, 0.5) is 5.69 Å². The molecule has 3 nitrogen and oxygen atoms in total. The third-order valence-corrected chi connectivity index (χ3v) is 2.35. The summed E-state index contributed by atoms with van der Waals surface area (Å²) in [6, 6.07) is 5.07. The molecule has 0 aliphatic heterocycles. The fraction of sp³-hybridized carbons (Fsp3) is 0.300. The van der Waals surface area contributed by atoms with E-state index in [2.05, 4.69) is 5.18 Å². The Bertz CT molecular complexity index is 371. The number of benzene rings is 1. The molecular formula is C10H9NO2. The Labute approximate surface area is 75.7 Å². The Morgan fingerprint density at radius 1 is 1.23 bits per heavy atom. The van der Waals surface area contributed by atoms with Crippen LogP contribution < -0.4 is 0 Å². The van der Waals surface area contributed by atoms with Crippen molar-refractivity contribution in [1.82, 2.24) is 0 Å². The van der Waals surface area contributed by atoms with Crippen molar-refractivity contribution in [2.75, 3.05) is 0 Å². The van der Waals surface area contributed by atoms with E-state index in [1.165, 1.54) is 0 Å². The summed E-state index contributed by atoms with van der Waals surface area (Å²) in [6.45, 7) is 0. The predicted octanol–water partition coefficient (Wildman–Crippen LogP) is 2.60. The highest BCUT2D eigenvalue weighted by molar-refractivity contribution is 5.99. The van der Waals surface area contributed by atoms with Gasteiger partial charge in [0.25, 0.3) is 0 Å². The molecule has 0 bridgehead atoms. The minimum Gasteiger partial charge on any atom is -0.294 e. The number of carbonyl (C=O) groups is 1. The summed E-state index contributed by atoms with van der Waals surface area (Å²) in [6.07, 6.45) is 2.44. The van der Waals surface area contributed by atoms with Gasteiger partial charge in [-0.1, -0.05) is 6.07 Å². The molecule has 1 aromatic carbocycles. The van der Waals surface area contributed by atoms with E-state index < -0.39 is 0 Å². The summed E-state index contributed by atoms with van der Waals surface area (Å²) in [5.74, 6) is 0.131. The maximum atomic E-state index is 11.4. The number of carbonyl (C=O) groups excluding carboxylic acids is 1. The Hall–Kier alpha value is -1.51. The largest absolute Gasteiger partial charge is 0.294 e. The third kappa shape index (κ3) is 1.37. The number of fused-ring (bicyclic) bond motifs is 1. The zero-order valence-corrected chi connectivity index (χ0v) is 7.12. The lowest BCUT2D eigenvalue weighted by molar-refractivity contribution is 0.0972. The van der Waals surface area contributed by atoms with Crippen molar-refractivity contribution in [2.45, 2.75) is 19.3 Å². The number of nitrogens with zero attached hydrogens (tertiary/aromatic N) is 1. The van der Waals surface area contributed by atoms with E-state index in [1.54, 1.807) is 12.1 Å². The molecule has 0 unspecified atom stereocenters. The number of hydrogen-bond donors (Lipinski definition) is 0. The standard InChI is InChI=1S/C10H9NO2/c12-10-3-1-2-7-4-5-8(11-13)6-9(7)10/h4-6H,1-3H2. The highest BCUT2D eigenvalue weighted by atomic mass is 16.3. The van der Waals surface area contributed by atoms with E-state index in [9.17, 15) is 9.70 Å². The summed E-state index contributed by atoms with van der Waals surface area (Å²) < 4.78 is 0. The van der Waals surface area contributed by atoms with Crippen LogP contribution in [0.3, 0.4) is 0 Å². The normalized spacial score (nSPS) is 15.2. The first kappa shape index (κ1) is 8.10. The predicted molar refractivity (Wildman–Crippen MR) is 49.2 cm³/mol. The van der Waals surface area contributed by atoms with Crippen molar-refractivity contribution in [3.05, 3.63) is 34.2 Å². The zero-order valence-electron chi connectivity index (χ0n) is 7.12. The number of ketones is 1. The number of hydrogen-bond acceptors (Lipinski definition) is 3. The summed E-state index contributed by atoms with van der Waals surface area (Å²) in [4.78, 5) is 21.6. The molecule has 0 aromatic heterocycles. The molecule has 0 saturated heterocycles. The van der Waals surface area contributed by atoms with Crippen molar-refractivity contribution in [2.24, 2.45) is 5.18 Å². The smallest absolute Gasteiger partial charge is 0.163 e. The highest BCUT2D eigenvalue weighted by Gasteiger charge is 2.16. The van der Waals surface area contributed by atoms with Gasteiger partial charge in [-0.25, -0.2) is 0 Å². The van der Waals surface area contributed by atoms with Crippen molar-refractivity contribution >= 4 is 11.5 Å². The molecule has 66 valence electrons. The van der Waals surface area contributed by atoms with Gasteiger partial charge in [-0.2, -0.15) is 0 Å². The Morgan fingerprint density at radius 2 is 2.08 bits per heavy atom. The summed E-state index contributed by atoms with van der Waals surface area (Å²) in [5, 5.41) is 2.81. The van der Waals surface area contributed by atoms with Gasteiger partial charge in [-0.3, -0.25) is 4.79 Å². The number of nitroso groups, excluding NO2 is 1. The molecule has 0 atom stereocenters. The first-order valence-corrected chi connectivity index (χ1v) is 4.31. The molecule has 1 aliphatic carbocycles. The molecule has 0 heterocycles. The molecule has 0 saturated carbocycles. The second kappa shape index (κ2) is 3.09. The van der Waals surface area contributed by atoms with Crippen LogP contribution in [0.5, 0.6) is 0 Å². The van der Waals surface area contributed by atoms with Crippen LogP contribution in [0.1, 0.15) is 28.8 Å². The van der Waals surface area contributed by atoms with Crippen LogP contribution in [0.25, 0.3) is 0 Å². The van der Waals surface area contributed by atoms with E-state index in [4.69, 9.17) is 0 Å². The van der Waals surface area contributed by atoms with Crippen molar-refractivity contribution < 1.29 is 4.79 Å². The minimum atomic E-state index is 0.131. The summed E-state index contributed by atoms with van der Waals surface area (Å²) in [5.41, 5.74) is 2.07. The summed E-state index contributed by atoms with van der Waals surface area (Å²) >= 11 is 0. The van der Waals surface area contributed by atoms with Crippen LogP contribution in [0.15, 0.2) is 23.4 Å². The molecule has 1 aromatic rings. The van der Waals surface area contributed by atoms with E-state index in [0.29, 0.717) is 17.7 Å². The van der Waals surface area contributed by atoms with E-state index >= 15 is 0 Å². The van der Waals surface area contributed by atoms with E-state index in [1.807, 2.05) is 6.07 Å². The monoisotopic (exact) mass is 175 g/mol. The quantitative estimate of drug-likeness (QED) is 0.616. The van der Waals surface area contributed by atoms with E-state index in [0.717, 1.165) is 18.4 Å². The Morgan fingerprint density at radius 3 is 2.85 bits per heavy atom. The van der Waals surface area contributed by atoms with Gasteiger partial charge in [0.1, 0.15) is 5.69 Å².